The number of hydrogen-bond acceptors (Lipinski definition) is 5. The molecule has 2 aromatic carbocycles. The molecule has 0 saturated heterocycles. The minimum Gasteiger partial charge on any atom is -0.494 e. The third kappa shape index (κ3) is 3.98. The van der Waals surface area contributed by atoms with Crippen LogP contribution >= 0.6 is 0 Å². The van der Waals surface area contributed by atoms with E-state index in [0.29, 0.717) is 36.1 Å². The average molecular weight is 421 g/mol. The fourth-order valence-corrected chi connectivity index (χ4v) is 3.18. The lowest BCUT2D eigenvalue weighted by molar-refractivity contribution is -0.147. The van der Waals surface area contributed by atoms with E-state index in [-0.39, 0.29) is 17.6 Å². The Labute approximate surface area is 169 Å². The highest BCUT2D eigenvalue weighted by molar-refractivity contribution is 5.92. The van der Waals surface area contributed by atoms with Crippen molar-refractivity contribution in [3.63, 3.8) is 0 Å². The number of imidazole rings is 1. The molecule has 1 aromatic heterocycles. The Morgan fingerprint density at radius 2 is 1.83 bits per heavy atom. The highest BCUT2D eigenvalue weighted by atomic mass is 19.4. The first-order valence-corrected chi connectivity index (χ1v) is 9.25. The van der Waals surface area contributed by atoms with Crippen LogP contribution in [0.25, 0.3) is 11.0 Å². The summed E-state index contributed by atoms with van der Waals surface area (Å²) in [5.74, 6) is -0.524. The Bertz CT molecular complexity index is 1080. The lowest BCUT2D eigenvalue weighted by atomic mass is 10.2. The molecule has 0 bridgehead atoms. The molecule has 10 heteroatoms. The van der Waals surface area contributed by atoms with Gasteiger partial charge in [0, 0.05) is 17.8 Å². The zero-order valence-corrected chi connectivity index (χ0v) is 16.0. The molecule has 0 radical (unpaired) electrons. The van der Waals surface area contributed by atoms with E-state index in [1.54, 1.807) is 24.3 Å². The van der Waals surface area contributed by atoms with Gasteiger partial charge in [0.2, 0.25) is 11.7 Å². The number of rotatable bonds is 5. The van der Waals surface area contributed by atoms with Crippen molar-refractivity contribution < 1.29 is 32.2 Å². The zero-order valence-electron chi connectivity index (χ0n) is 16.0. The van der Waals surface area contributed by atoms with Gasteiger partial charge < -0.3 is 24.1 Å². The van der Waals surface area contributed by atoms with Gasteiger partial charge in [-0.05, 0) is 31.2 Å². The van der Waals surface area contributed by atoms with Crippen LogP contribution in [0.15, 0.2) is 36.4 Å². The molecule has 158 valence electrons. The maximum absolute atomic E-state index is 13.6. The normalized spacial score (nSPS) is 13.3. The summed E-state index contributed by atoms with van der Waals surface area (Å²) in [6.45, 7) is 2.36. The van der Waals surface area contributed by atoms with Gasteiger partial charge in [0.15, 0.2) is 11.5 Å². The van der Waals surface area contributed by atoms with E-state index in [2.05, 4.69) is 10.3 Å². The summed E-state index contributed by atoms with van der Waals surface area (Å²) in [7, 11) is 0. The summed E-state index contributed by atoms with van der Waals surface area (Å²) in [6, 6.07) is 9.35. The molecule has 0 saturated carbocycles. The lowest BCUT2D eigenvalue weighted by Gasteiger charge is -2.18. The molecular formula is C20H18F3N3O4. The molecule has 0 aliphatic carbocycles. The number of benzene rings is 2. The zero-order chi connectivity index (χ0) is 21.3. The van der Waals surface area contributed by atoms with E-state index >= 15 is 0 Å². The van der Waals surface area contributed by atoms with Crippen molar-refractivity contribution in [2.45, 2.75) is 19.6 Å². The molecule has 0 unspecified atom stereocenters. The Kier molecular flexibility index (Phi) is 5.15. The van der Waals surface area contributed by atoms with Gasteiger partial charge in [0.05, 0.1) is 17.6 Å². The number of halogens is 3. The quantitative estimate of drug-likeness (QED) is 0.677. The van der Waals surface area contributed by atoms with Gasteiger partial charge in [-0.1, -0.05) is 0 Å². The second-order valence-corrected chi connectivity index (χ2v) is 6.51. The predicted molar refractivity (Wildman–Crippen MR) is 102 cm³/mol. The maximum Gasteiger partial charge on any atom is 0.449 e. The summed E-state index contributed by atoms with van der Waals surface area (Å²) < 4.78 is 57.7. The van der Waals surface area contributed by atoms with Crippen LogP contribution in [0.1, 0.15) is 12.7 Å². The summed E-state index contributed by atoms with van der Waals surface area (Å²) in [5, 5.41) is 2.59. The Hall–Kier alpha value is -3.43. The maximum atomic E-state index is 13.6. The second kappa shape index (κ2) is 7.77. The van der Waals surface area contributed by atoms with Crippen LogP contribution in [0.4, 0.5) is 18.9 Å². The number of ether oxygens (including phenoxy) is 3. The van der Waals surface area contributed by atoms with E-state index in [1.807, 2.05) is 6.92 Å². The number of anilines is 1. The molecule has 0 spiro atoms. The molecule has 0 atom stereocenters. The van der Waals surface area contributed by atoms with Gasteiger partial charge in [0.1, 0.15) is 25.5 Å². The number of carbonyl (C=O) groups is 1. The molecule has 1 aliphatic heterocycles. The molecule has 30 heavy (non-hydrogen) atoms. The standard InChI is InChI=1S/C20H18F3N3O4/c1-2-28-13-5-3-12(4-6-13)24-18(27)11-26-15-10-17-16(29-7-8-30-17)9-14(15)25-19(26)20(21,22)23/h3-6,9-10H,2,7-8,11H2,1H3,(H,24,27). The van der Waals surface area contributed by atoms with Crippen molar-refractivity contribution >= 4 is 22.6 Å². The highest BCUT2D eigenvalue weighted by Crippen LogP contribution is 2.38. The molecule has 1 N–H and O–H groups in total. The van der Waals surface area contributed by atoms with E-state index in [0.717, 1.165) is 4.57 Å². The van der Waals surface area contributed by atoms with Crippen molar-refractivity contribution in [1.82, 2.24) is 9.55 Å². The van der Waals surface area contributed by atoms with Crippen molar-refractivity contribution in [3.05, 3.63) is 42.2 Å². The van der Waals surface area contributed by atoms with Crippen molar-refractivity contribution in [3.8, 4) is 17.2 Å². The Morgan fingerprint density at radius 1 is 1.17 bits per heavy atom. The number of nitrogens with one attached hydrogen (secondary N) is 1. The molecule has 0 fully saturated rings. The van der Waals surface area contributed by atoms with E-state index in [9.17, 15) is 18.0 Å². The number of amides is 1. The van der Waals surface area contributed by atoms with E-state index in [1.165, 1.54) is 12.1 Å². The topological polar surface area (TPSA) is 74.6 Å². The van der Waals surface area contributed by atoms with Gasteiger partial charge in [-0.2, -0.15) is 13.2 Å². The first-order valence-electron chi connectivity index (χ1n) is 9.25. The van der Waals surface area contributed by atoms with Crippen LogP contribution in [-0.4, -0.2) is 35.3 Å². The summed E-state index contributed by atoms with van der Waals surface area (Å²) >= 11 is 0. The van der Waals surface area contributed by atoms with Crippen LogP contribution in [-0.2, 0) is 17.5 Å². The Balaban J connectivity index is 1.63. The van der Waals surface area contributed by atoms with Crippen LogP contribution in [0, 0.1) is 0 Å². The monoisotopic (exact) mass is 421 g/mol. The third-order valence-electron chi connectivity index (χ3n) is 4.42. The van der Waals surface area contributed by atoms with Gasteiger partial charge in [-0.25, -0.2) is 4.98 Å². The summed E-state index contributed by atoms with van der Waals surface area (Å²) in [6.07, 6.45) is -4.74. The van der Waals surface area contributed by atoms with Crippen LogP contribution in [0.3, 0.4) is 0 Å². The van der Waals surface area contributed by atoms with E-state index < -0.39 is 24.5 Å². The molecule has 7 nitrogen and oxygen atoms in total. The summed E-state index contributed by atoms with van der Waals surface area (Å²) in [4.78, 5) is 16.2. The predicted octanol–water partition coefficient (Wildman–Crippen LogP) is 3.86. The fraction of sp³-hybridized carbons (Fsp3) is 0.300. The SMILES string of the molecule is CCOc1ccc(NC(=O)Cn2c(C(F)(F)F)nc3cc4c(cc32)OCCO4)cc1. The van der Waals surface area contributed by atoms with Gasteiger partial charge in [-0.3, -0.25) is 4.79 Å². The largest absolute Gasteiger partial charge is 0.494 e. The summed E-state index contributed by atoms with van der Waals surface area (Å²) in [5.41, 5.74) is 0.643. The van der Waals surface area contributed by atoms with Crippen LogP contribution in [0.5, 0.6) is 17.2 Å². The number of carbonyl (C=O) groups excluding carboxylic acids is 1. The molecule has 4 rings (SSSR count). The Morgan fingerprint density at radius 3 is 2.47 bits per heavy atom. The number of aromatic nitrogens is 2. The molecular weight excluding hydrogens is 403 g/mol. The van der Waals surface area contributed by atoms with Gasteiger partial charge >= 0.3 is 6.18 Å². The van der Waals surface area contributed by atoms with Crippen molar-refractivity contribution in [2.24, 2.45) is 0 Å². The second-order valence-electron chi connectivity index (χ2n) is 6.51. The minimum absolute atomic E-state index is 0.0699. The highest BCUT2D eigenvalue weighted by Gasteiger charge is 2.38. The minimum atomic E-state index is -4.74. The number of nitrogens with zero attached hydrogens (tertiary/aromatic N) is 2. The smallest absolute Gasteiger partial charge is 0.449 e. The lowest BCUT2D eigenvalue weighted by Crippen LogP contribution is -2.23. The van der Waals surface area contributed by atoms with Crippen molar-refractivity contribution in [2.75, 3.05) is 25.1 Å². The van der Waals surface area contributed by atoms with Crippen molar-refractivity contribution in [1.29, 1.82) is 0 Å². The third-order valence-corrected chi connectivity index (χ3v) is 4.42. The first-order chi connectivity index (χ1) is 14.3. The number of hydrogen-bond donors (Lipinski definition) is 1. The molecule has 1 aliphatic rings. The first kappa shape index (κ1) is 19.9. The number of alkyl halides is 3. The molecule has 3 aromatic rings. The average Bonchev–Trinajstić information content (AvgIpc) is 3.05. The molecule has 1 amide bonds. The number of fused-ring (bicyclic) bond motifs is 2. The fourth-order valence-electron chi connectivity index (χ4n) is 3.18. The van der Waals surface area contributed by atoms with Gasteiger partial charge in [-0.15, -0.1) is 0 Å². The van der Waals surface area contributed by atoms with Crippen LogP contribution < -0.4 is 19.5 Å². The van der Waals surface area contributed by atoms with Crippen LogP contribution in [0.2, 0.25) is 0 Å². The van der Waals surface area contributed by atoms with E-state index in [4.69, 9.17) is 14.2 Å². The van der Waals surface area contributed by atoms with Gasteiger partial charge in [0.25, 0.3) is 0 Å². The molecule has 2 heterocycles.